The molecule has 0 aromatic heterocycles. The normalized spacial score (nSPS) is 9.90. The highest BCUT2D eigenvalue weighted by Gasteiger charge is 2.03. The highest BCUT2D eigenvalue weighted by Crippen LogP contribution is 2.02. The van der Waals surface area contributed by atoms with Gasteiger partial charge < -0.3 is 18.9 Å². The molecule has 0 heterocycles. The second-order valence-electron chi connectivity index (χ2n) is 3.24. The fraction of sp³-hybridized carbons (Fsp3) is 0.333. The summed E-state index contributed by atoms with van der Waals surface area (Å²) in [6.07, 6.45) is 1.37. The summed E-state index contributed by atoms with van der Waals surface area (Å²) >= 11 is 6.06. The van der Waals surface area contributed by atoms with Crippen LogP contribution in [0.3, 0.4) is 0 Å². The van der Waals surface area contributed by atoms with Gasteiger partial charge in [0.2, 0.25) is 0 Å². The third kappa shape index (κ3) is 13.2. The zero-order chi connectivity index (χ0) is 15.4. The van der Waals surface area contributed by atoms with E-state index in [1.54, 1.807) is 0 Å². The molecule has 0 radical (unpaired) electrons. The first-order valence-corrected chi connectivity index (χ1v) is 6.95. The van der Waals surface area contributed by atoms with Crippen LogP contribution in [0.1, 0.15) is 6.42 Å². The second-order valence-corrected chi connectivity index (χ2v) is 5.48. The van der Waals surface area contributed by atoms with E-state index >= 15 is 0 Å². The number of halogens is 2. The van der Waals surface area contributed by atoms with E-state index in [-0.39, 0.29) is 19.8 Å². The topological polar surface area (TPSA) is 71.1 Å². The molecule has 0 spiro atoms. The Balaban J connectivity index is 3.57. The monoisotopic (exact) mass is 412 g/mol. The largest absolute Gasteiger partial charge is 0.513 e. The molecule has 0 aliphatic heterocycles. The first-order valence-electron chi connectivity index (χ1n) is 5.36. The lowest BCUT2D eigenvalue weighted by Gasteiger charge is -2.03. The molecular formula is C12H14Br2O6. The molecule has 0 amide bonds. The van der Waals surface area contributed by atoms with Crippen molar-refractivity contribution in [3.05, 3.63) is 34.5 Å². The van der Waals surface area contributed by atoms with E-state index in [9.17, 15) is 9.59 Å². The van der Waals surface area contributed by atoms with Gasteiger partial charge in [-0.05, 0) is 6.08 Å². The highest BCUT2D eigenvalue weighted by atomic mass is 79.9. The van der Waals surface area contributed by atoms with Crippen molar-refractivity contribution in [3.8, 4) is 0 Å². The fourth-order valence-electron chi connectivity index (χ4n) is 0.732. The van der Waals surface area contributed by atoms with E-state index in [0.29, 0.717) is 15.4 Å². The first kappa shape index (κ1) is 18.7. The Kier molecular flexibility index (Phi) is 10.8. The van der Waals surface area contributed by atoms with Crippen LogP contribution in [0.15, 0.2) is 34.5 Å². The molecule has 0 rings (SSSR count). The van der Waals surface area contributed by atoms with Crippen LogP contribution in [0.5, 0.6) is 0 Å². The third-order valence-corrected chi connectivity index (χ3v) is 1.92. The quantitative estimate of drug-likeness (QED) is 0.340. The predicted molar refractivity (Wildman–Crippen MR) is 79.6 cm³/mol. The number of hydrogen-bond donors (Lipinski definition) is 0. The number of carbonyl (C=O) groups is 2. The Hall–Kier alpha value is -1.28. The standard InChI is InChI=1S/C12H14Br2O6/c1-9(13)7-19-11(15)17-5-3-4-6-18-12(16)20-8-10(2)14/h3,5H,1-2,4,6-8H2. The molecule has 8 heteroatoms. The Morgan fingerprint density at radius 1 is 0.950 bits per heavy atom. The van der Waals surface area contributed by atoms with Gasteiger partial charge in [-0.1, -0.05) is 45.0 Å². The summed E-state index contributed by atoms with van der Waals surface area (Å²) in [4.78, 5) is 22.0. The minimum absolute atomic E-state index is 0.0283. The van der Waals surface area contributed by atoms with Gasteiger partial charge in [0, 0.05) is 15.4 Å². The van der Waals surface area contributed by atoms with Gasteiger partial charge in [0.1, 0.15) is 13.2 Å². The molecule has 0 aliphatic carbocycles. The maximum absolute atomic E-state index is 11.0. The van der Waals surface area contributed by atoms with Crippen LogP contribution in [0.4, 0.5) is 9.59 Å². The lowest BCUT2D eigenvalue weighted by molar-refractivity contribution is 0.0637. The summed E-state index contributed by atoms with van der Waals surface area (Å²) in [5, 5.41) is 0. The summed E-state index contributed by atoms with van der Waals surface area (Å²) in [5.74, 6) is 0. The average Bonchev–Trinajstić information content (AvgIpc) is 2.37. The molecule has 0 unspecified atom stereocenters. The van der Waals surface area contributed by atoms with Crippen LogP contribution in [0.2, 0.25) is 0 Å². The summed E-state index contributed by atoms with van der Waals surface area (Å²) in [6.45, 7) is 7.15. The van der Waals surface area contributed by atoms with Crippen LogP contribution >= 0.6 is 31.9 Å². The first-order chi connectivity index (χ1) is 9.41. The van der Waals surface area contributed by atoms with Crippen LogP contribution in [-0.2, 0) is 18.9 Å². The summed E-state index contributed by atoms with van der Waals surface area (Å²) in [6, 6.07) is 0. The maximum atomic E-state index is 11.0. The van der Waals surface area contributed by atoms with Gasteiger partial charge in [-0.3, -0.25) is 0 Å². The zero-order valence-electron chi connectivity index (χ0n) is 10.6. The number of ether oxygens (including phenoxy) is 4. The summed E-state index contributed by atoms with van der Waals surface area (Å²) in [7, 11) is 0. The molecule has 0 saturated carbocycles. The van der Waals surface area contributed by atoms with Gasteiger partial charge in [-0.15, -0.1) is 0 Å². The molecule has 0 aliphatic rings. The van der Waals surface area contributed by atoms with E-state index in [4.69, 9.17) is 4.74 Å². The highest BCUT2D eigenvalue weighted by molar-refractivity contribution is 9.12. The van der Waals surface area contributed by atoms with Crippen molar-refractivity contribution in [2.24, 2.45) is 0 Å². The molecule has 0 bridgehead atoms. The van der Waals surface area contributed by atoms with E-state index in [2.05, 4.69) is 59.2 Å². The average molecular weight is 414 g/mol. The van der Waals surface area contributed by atoms with E-state index in [1.807, 2.05) is 0 Å². The molecule has 0 atom stereocenters. The molecule has 0 fully saturated rings. The Morgan fingerprint density at radius 2 is 1.50 bits per heavy atom. The molecule has 0 saturated heterocycles. The lowest BCUT2D eigenvalue weighted by atomic mass is 10.4. The molecule has 0 N–H and O–H groups in total. The number of rotatable bonds is 8. The SMILES string of the molecule is C=C(Br)COC(=O)OC=CCCOC(=O)OCC(=C)Br. The summed E-state index contributed by atoms with van der Waals surface area (Å²) < 4.78 is 19.6. The van der Waals surface area contributed by atoms with E-state index < -0.39 is 12.3 Å². The van der Waals surface area contributed by atoms with Gasteiger partial charge in [-0.2, -0.15) is 0 Å². The van der Waals surface area contributed by atoms with Gasteiger partial charge in [0.25, 0.3) is 0 Å². The lowest BCUT2D eigenvalue weighted by Crippen LogP contribution is -2.09. The Morgan fingerprint density at radius 3 is 2.05 bits per heavy atom. The van der Waals surface area contributed by atoms with Crippen LogP contribution in [0, 0.1) is 0 Å². The van der Waals surface area contributed by atoms with Crippen molar-refractivity contribution >= 4 is 44.2 Å². The minimum Gasteiger partial charge on any atom is -0.434 e. The minimum atomic E-state index is -0.849. The Labute approximate surface area is 133 Å². The molecule has 0 aromatic carbocycles. The molecule has 20 heavy (non-hydrogen) atoms. The van der Waals surface area contributed by atoms with Gasteiger partial charge in [-0.25, -0.2) is 9.59 Å². The van der Waals surface area contributed by atoms with Crippen molar-refractivity contribution in [2.45, 2.75) is 6.42 Å². The van der Waals surface area contributed by atoms with E-state index in [1.165, 1.54) is 6.08 Å². The molecule has 112 valence electrons. The fourth-order valence-corrected chi connectivity index (χ4v) is 0.961. The van der Waals surface area contributed by atoms with Crippen molar-refractivity contribution in [1.82, 2.24) is 0 Å². The molecular weight excluding hydrogens is 400 g/mol. The number of hydrogen-bond acceptors (Lipinski definition) is 6. The zero-order valence-corrected chi connectivity index (χ0v) is 13.8. The maximum Gasteiger partial charge on any atom is 0.513 e. The molecule has 0 aromatic rings. The van der Waals surface area contributed by atoms with Crippen molar-refractivity contribution in [3.63, 3.8) is 0 Å². The van der Waals surface area contributed by atoms with Crippen LogP contribution in [-0.4, -0.2) is 32.1 Å². The van der Waals surface area contributed by atoms with Gasteiger partial charge >= 0.3 is 12.3 Å². The Bertz CT molecular complexity index is 391. The third-order valence-electron chi connectivity index (χ3n) is 1.46. The second kappa shape index (κ2) is 11.5. The predicted octanol–water partition coefficient (Wildman–Crippen LogP) is 4.01. The van der Waals surface area contributed by atoms with Crippen molar-refractivity contribution in [2.75, 3.05) is 19.8 Å². The van der Waals surface area contributed by atoms with E-state index in [0.717, 1.165) is 6.26 Å². The number of carbonyl (C=O) groups excluding carboxylic acids is 2. The summed E-state index contributed by atoms with van der Waals surface area (Å²) in [5.41, 5.74) is 0. The van der Waals surface area contributed by atoms with Gasteiger partial charge in [0.05, 0.1) is 12.9 Å². The van der Waals surface area contributed by atoms with Crippen LogP contribution in [0.25, 0.3) is 0 Å². The van der Waals surface area contributed by atoms with Crippen molar-refractivity contribution < 1.29 is 28.5 Å². The van der Waals surface area contributed by atoms with Crippen LogP contribution < -0.4 is 0 Å². The smallest absolute Gasteiger partial charge is 0.434 e. The molecule has 6 nitrogen and oxygen atoms in total. The van der Waals surface area contributed by atoms with Crippen molar-refractivity contribution in [1.29, 1.82) is 0 Å². The van der Waals surface area contributed by atoms with Gasteiger partial charge in [0.15, 0.2) is 0 Å².